The number of carbonyl (C=O) groups excluding carboxylic acids is 1. The van der Waals surface area contributed by atoms with Crippen LogP contribution in [0.2, 0.25) is 0 Å². The van der Waals surface area contributed by atoms with Crippen LogP contribution in [0.4, 0.5) is 0 Å². The van der Waals surface area contributed by atoms with Gasteiger partial charge >= 0.3 is 0 Å². The lowest BCUT2D eigenvalue weighted by atomic mass is 10.0. The molecule has 0 aliphatic rings. The first-order valence-electron chi connectivity index (χ1n) is 4.80. The normalized spacial score (nSPS) is 11.5. The summed E-state index contributed by atoms with van der Waals surface area (Å²) < 4.78 is 23.1. The van der Waals surface area contributed by atoms with Gasteiger partial charge in [-0.2, -0.15) is 0 Å². The Hall–Kier alpha value is -0.870. The van der Waals surface area contributed by atoms with Crippen molar-refractivity contribution in [2.24, 2.45) is 0 Å². The summed E-state index contributed by atoms with van der Waals surface area (Å²) >= 11 is 5.39. The molecule has 0 aliphatic carbocycles. The summed E-state index contributed by atoms with van der Waals surface area (Å²) in [5.74, 6) is 0. The van der Waals surface area contributed by atoms with E-state index >= 15 is 0 Å². The lowest BCUT2D eigenvalue weighted by Crippen LogP contribution is -2.06. The lowest BCUT2D eigenvalue weighted by Gasteiger charge is -2.10. The summed E-state index contributed by atoms with van der Waals surface area (Å²) in [6.07, 6.45) is 1.72. The first kappa shape index (κ1) is 13.2. The van der Waals surface area contributed by atoms with E-state index in [0.717, 1.165) is 6.26 Å². The molecule has 16 heavy (non-hydrogen) atoms. The molecule has 0 aromatic heterocycles. The first-order chi connectivity index (χ1) is 7.27. The minimum Gasteiger partial charge on any atom is -0.276 e. The van der Waals surface area contributed by atoms with Crippen LogP contribution in [0.5, 0.6) is 0 Å². The SMILES string of the molecule is CCc1cc(C)c(C(=O)Cl)cc1S(C)(=O)=O. The maximum atomic E-state index is 11.5. The fourth-order valence-corrected chi connectivity index (χ4v) is 2.80. The van der Waals surface area contributed by atoms with E-state index in [9.17, 15) is 13.2 Å². The number of benzene rings is 1. The monoisotopic (exact) mass is 260 g/mol. The second-order valence-corrected chi connectivity index (χ2v) is 6.00. The van der Waals surface area contributed by atoms with Crippen molar-refractivity contribution >= 4 is 26.7 Å². The van der Waals surface area contributed by atoms with Gasteiger partial charge in [-0.3, -0.25) is 4.79 Å². The van der Waals surface area contributed by atoms with E-state index in [0.29, 0.717) is 17.5 Å². The molecular formula is C11H13ClO3S. The Bertz CT molecular complexity index is 532. The van der Waals surface area contributed by atoms with Gasteiger partial charge in [0.25, 0.3) is 5.24 Å². The van der Waals surface area contributed by atoms with Gasteiger partial charge in [0.15, 0.2) is 9.84 Å². The fourth-order valence-electron chi connectivity index (χ4n) is 1.58. The molecule has 0 spiro atoms. The second kappa shape index (κ2) is 4.55. The smallest absolute Gasteiger partial charge is 0.252 e. The average molecular weight is 261 g/mol. The summed E-state index contributed by atoms with van der Waals surface area (Å²) in [6.45, 7) is 3.60. The van der Waals surface area contributed by atoms with Crippen molar-refractivity contribution in [3.05, 3.63) is 28.8 Å². The van der Waals surface area contributed by atoms with E-state index in [2.05, 4.69) is 0 Å². The summed E-state index contributed by atoms with van der Waals surface area (Å²) in [7, 11) is -3.33. The van der Waals surface area contributed by atoms with Gasteiger partial charge in [0.05, 0.1) is 4.90 Å². The molecule has 3 nitrogen and oxygen atoms in total. The van der Waals surface area contributed by atoms with Gasteiger partial charge in [-0.25, -0.2) is 8.42 Å². The zero-order chi connectivity index (χ0) is 12.5. The largest absolute Gasteiger partial charge is 0.276 e. The Labute approximate surface area is 100 Å². The van der Waals surface area contributed by atoms with E-state index in [-0.39, 0.29) is 10.5 Å². The molecule has 88 valence electrons. The molecular weight excluding hydrogens is 248 g/mol. The number of aryl methyl sites for hydroxylation is 2. The summed E-state index contributed by atoms with van der Waals surface area (Å²) in [6, 6.07) is 3.06. The van der Waals surface area contributed by atoms with Gasteiger partial charge in [-0.1, -0.05) is 13.0 Å². The number of sulfone groups is 1. The van der Waals surface area contributed by atoms with Crippen LogP contribution >= 0.6 is 11.6 Å². The molecule has 0 aliphatic heterocycles. The molecule has 1 aromatic rings. The maximum absolute atomic E-state index is 11.5. The van der Waals surface area contributed by atoms with E-state index < -0.39 is 15.1 Å². The van der Waals surface area contributed by atoms with Crippen LogP contribution in [0.15, 0.2) is 17.0 Å². The molecule has 1 aromatic carbocycles. The maximum Gasteiger partial charge on any atom is 0.252 e. The Kier molecular flexibility index (Phi) is 3.76. The van der Waals surface area contributed by atoms with E-state index in [1.165, 1.54) is 6.07 Å². The summed E-state index contributed by atoms with van der Waals surface area (Å²) in [5, 5.41) is -0.634. The van der Waals surface area contributed by atoms with Crippen molar-refractivity contribution in [2.45, 2.75) is 25.2 Å². The van der Waals surface area contributed by atoms with Gasteiger partial charge in [-0.15, -0.1) is 0 Å². The molecule has 0 amide bonds. The molecule has 0 heterocycles. The van der Waals surface area contributed by atoms with E-state index in [4.69, 9.17) is 11.6 Å². The topological polar surface area (TPSA) is 51.2 Å². The average Bonchev–Trinajstić information content (AvgIpc) is 2.14. The van der Waals surface area contributed by atoms with Gasteiger partial charge in [0, 0.05) is 11.8 Å². The molecule has 0 saturated heterocycles. The third-order valence-corrected chi connectivity index (χ3v) is 3.78. The molecule has 5 heteroatoms. The lowest BCUT2D eigenvalue weighted by molar-refractivity contribution is 0.108. The summed E-state index contributed by atoms with van der Waals surface area (Å²) in [4.78, 5) is 11.3. The van der Waals surface area contributed by atoms with Crippen LogP contribution in [0, 0.1) is 6.92 Å². The van der Waals surface area contributed by atoms with Crippen LogP contribution in [-0.4, -0.2) is 19.9 Å². The molecule has 0 fully saturated rings. The van der Waals surface area contributed by atoms with Crippen LogP contribution < -0.4 is 0 Å². The molecule has 1 rings (SSSR count). The predicted molar refractivity (Wildman–Crippen MR) is 63.9 cm³/mol. The highest BCUT2D eigenvalue weighted by Crippen LogP contribution is 2.22. The number of hydrogen-bond acceptors (Lipinski definition) is 3. The highest BCUT2D eigenvalue weighted by Gasteiger charge is 2.17. The van der Waals surface area contributed by atoms with Crippen molar-refractivity contribution in [2.75, 3.05) is 6.26 Å². The minimum atomic E-state index is -3.33. The number of hydrogen-bond donors (Lipinski definition) is 0. The standard InChI is InChI=1S/C11H13ClO3S/c1-4-8-5-7(2)9(11(12)13)6-10(8)16(3,14)15/h5-6H,4H2,1-3H3. The molecule has 0 unspecified atom stereocenters. The molecule has 0 radical (unpaired) electrons. The van der Waals surface area contributed by atoms with Gasteiger partial charge < -0.3 is 0 Å². The van der Waals surface area contributed by atoms with Crippen molar-refractivity contribution in [1.29, 1.82) is 0 Å². The minimum absolute atomic E-state index is 0.185. The molecule has 0 saturated carbocycles. The molecule has 0 N–H and O–H groups in total. The second-order valence-electron chi connectivity index (χ2n) is 3.67. The molecule has 0 bridgehead atoms. The van der Waals surface area contributed by atoms with Crippen molar-refractivity contribution in [3.63, 3.8) is 0 Å². The van der Waals surface area contributed by atoms with Crippen molar-refractivity contribution < 1.29 is 13.2 Å². The van der Waals surface area contributed by atoms with Crippen molar-refractivity contribution in [3.8, 4) is 0 Å². The Balaban J connectivity index is 3.60. The zero-order valence-electron chi connectivity index (χ0n) is 9.37. The summed E-state index contributed by atoms with van der Waals surface area (Å²) in [5.41, 5.74) is 1.66. The number of rotatable bonds is 3. The first-order valence-corrected chi connectivity index (χ1v) is 7.07. The zero-order valence-corrected chi connectivity index (χ0v) is 10.9. The van der Waals surface area contributed by atoms with Crippen LogP contribution in [0.25, 0.3) is 0 Å². The highest BCUT2D eigenvalue weighted by atomic mass is 35.5. The van der Waals surface area contributed by atoms with Crippen molar-refractivity contribution in [1.82, 2.24) is 0 Å². The van der Waals surface area contributed by atoms with Gasteiger partial charge in [-0.05, 0) is 42.1 Å². The van der Waals surface area contributed by atoms with Crippen LogP contribution in [0.3, 0.4) is 0 Å². The predicted octanol–water partition coefficient (Wildman–Crippen LogP) is 2.34. The fraction of sp³-hybridized carbons (Fsp3) is 0.364. The van der Waals surface area contributed by atoms with Crippen LogP contribution in [0.1, 0.15) is 28.4 Å². The van der Waals surface area contributed by atoms with Gasteiger partial charge in [0.1, 0.15) is 0 Å². The van der Waals surface area contributed by atoms with Crippen LogP contribution in [-0.2, 0) is 16.3 Å². The molecule has 0 atom stereocenters. The van der Waals surface area contributed by atoms with Gasteiger partial charge in [0.2, 0.25) is 0 Å². The van der Waals surface area contributed by atoms with E-state index in [1.54, 1.807) is 13.0 Å². The highest BCUT2D eigenvalue weighted by molar-refractivity contribution is 7.90. The number of halogens is 1. The third-order valence-electron chi connectivity index (χ3n) is 2.40. The quantitative estimate of drug-likeness (QED) is 0.784. The third kappa shape index (κ3) is 2.62. The Morgan fingerprint density at radius 1 is 1.38 bits per heavy atom. The Morgan fingerprint density at radius 3 is 2.31 bits per heavy atom. The van der Waals surface area contributed by atoms with E-state index in [1.807, 2.05) is 6.92 Å². The number of carbonyl (C=O) groups is 1. The Morgan fingerprint density at radius 2 is 1.94 bits per heavy atom.